The van der Waals surface area contributed by atoms with Crippen molar-refractivity contribution in [1.29, 1.82) is 0 Å². The topological polar surface area (TPSA) is 36.9 Å². The fourth-order valence-electron chi connectivity index (χ4n) is 12.0. The Morgan fingerprint density at radius 1 is 0.467 bits per heavy atom. The molecule has 90 heavy (non-hydrogen) atoms. The van der Waals surface area contributed by atoms with Gasteiger partial charge in [0.1, 0.15) is 11.5 Å². The predicted molar refractivity (Wildman–Crippen MR) is 380 cm³/mol. The SMILES string of the molecule is CC=C1COCC1=CC(/C=C/c1ccc(/C=C/C(C=C2COCC2=C/C=C/c2ccc3c(OCCCCCCCC)c4cc(/C=C/C)ccc4c(OCCCCCCCC)c3c2)=C(C)[C]#[Os])cc1)=C([C]#[Os])[P+](c1ccccc1)(c1ccccc1)c1ccccc1. The van der Waals surface area contributed by atoms with Crippen molar-refractivity contribution in [1.82, 2.24) is 0 Å². The van der Waals surface area contributed by atoms with Gasteiger partial charge in [-0.25, -0.2) is 0 Å². The van der Waals surface area contributed by atoms with E-state index in [0.717, 1.165) is 84.9 Å². The van der Waals surface area contributed by atoms with Crippen molar-refractivity contribution in [3.63, 3.8) is 0 Å². The number of allylic oxidation sites excluding steroid dienone is 12. The normalized spacial score (nSPS) is 16.2. The molecule has 0 aliphatic carbocycles. The third kappa shape index (κ3) is 17.6. The molecule has 7 aromatic rings. The van der Waals surface area contributed by atoms with Crippen LogP contribution in [0.25, 0.3) is 45.8 Å². The zero-order chi connectivity index (χ0) is 62.8. The minimum atomic E-state index is -2.46. The second-order valence-corrected chi connectivity index (χ2v) is 27.9. The van der Waals surface area contributed by atoms with Gasteiger partial charge < -0.3 is 9.47 Å². The molecule has 0 aromatic heterocycles. The van der Waals surface area contributed by atoms with Gasteiger partial charge in [0.15, 0.2) is 0 Å². The molecule has 2 heterocycles. The zero-order valence-corrected chi connectivity index (χ0v) is 59.4. The molecule has 0 N–H and O–H groups in total. The van der Waals surface area contributed by atoms with Crippen LogP contribution in [0.15, 0.2) is 245 Å². The van der Waals surface area contributed by atoms with Crippen LogP contribution in [0.5, 0.6) is 11.5 Å². The Morgan fingerprint density at radius 3 is 1.38 bits per heavy atom. The zero-order valence-electron chi connectivity index (χ0n) is 53.4. The number of fused-ring (bicyclic) bond motifs is 2. The van der Waals surface area contributed by atoms with Crippen LogP contribution in [0.1, 0.15) is 134 Å². The van der Waals surface area contributed by atoms with Crippen LogP contribution in [-0.4, -0.2) is 39.6 Å². The summed E-state index contributed by atoms with van der Waals surface area (Å²) in [6, 6.07) is 55.5. The molecule has 2 fully saturated rings. The first-order valence-corrected chi connectivity index (χ1v) is 36.9. The molecule has 0 spiro atoms. The first kappa shape index (κ1) is 67.6. The summed E-state index contributed by atoms with van der Waals surface area (Å²) in [5.74, 6) is 1.89. The number of ether oxygens (including phenoxy) is 4. The van der Waals surface area contributed by atoms with Gasteiger partial charge in [-0.3, -0.25) is 0 Å². The predicted octanol–water partition coefficient (Wildman–Crippen LogP) is 20.6. The van der Waals surface area contributed by atoms with Crippen molar-refractivity contribution < 1.29 is 54.8 Å². The average molecular weight is 1560 g/mol. The van der Waals surface area contributed by atoms with Gasteiger partial charge in [-0.05, 0) is 37.5 Å². The van der Waals surface area contributed by atoms with Crippen LogP contribution in [0, 0.1) is 8.74 Å². The van der Waals surface area contributed by atoms with Gasteiger partial charge in [-0.2, -0.15) is 0 Å². The molecule has 7 aromatic carbocycles. The van der Waals surface area contributed by atoms with Crippen LogP contribution in [0.3, 0.4) is 0 Å². The Labute approximate surface area is 558 Å². The standard InChI is InChI=1S/C83H88O4P.2Os/c1-8-12-14-16-18-29-53-86-82-79-52-48-68(56-81(79)83(87-54-30-19-17-15-13-9-2)78-51-47-67(32-10-3)55-80(78)82)33-31-34-72-60-85-62-74(72)57-70(63(5)6)49-45-65-41-43-66(44-42-65)46-50-71(58-73-61-84-59-69(73)11-4)64(7)88(75-35-23-20-24-36-75,76-37-25-21-26-38-76)77-39-27-22-28-40-77;;/h10-11,20-28,31-52,55-58H,8-9,12-19,29-30,53-54,59-62H2,1-5H3;;/q+1;;/b32-10+,33-31+,49-45+,50-46+,69-11?,70-63?,71-64?,72-34?,73-58?,74-57?;;. The van der Waals surface area contributed by atoms with E-state index in [2.05, 4.69) is 268 Å². The van der Waals surface area contributed by atoms with E-state index in [1.54, 1.807) is 17.9 Å². The van der Waals surface area contributed by atoms with Crippen LogP contribution in [-0.2, 0) is 45.4 Å². The van der Waals surface area contributed by atoms with E-state index in [-0.39, 0.29) is 0 Å². The molecule has 9 rings (SSSR count). The summed E-state index contributed by atoms with van der Waals surface area (Å²) in [6.45, 7) is 14.5. The van der Waals surface area contributed by atoms with Crippen LogP contribution >= 0.6 is 7.26 Å². The van der Waals surface area contributed by atoms with Gasteiger partial charge in [0.2, 0.25) is 0 Å². The van der Waals surface area contributed by atoms with Gasteiger partial charge in [0.05, 0.1) is 13.2 Å². The summed E-state index contributed by atoms with van der Waals surface area (Å²) in [5, 5.41) is 9.45. The molecule has 2 aliphatic heterocycles. The van der Waals surface area contributed by atoms with Gasteiger partial charge in [-0.15, -0.1) is 0 Å². The van der Waals surface area contributed by atoms with Gasteiger partial charge in [-0.1, -0.05) is 96.3 Å². The third-order valence-electron chi connectivity index (χ3n) is 16.9. The van der Waals surface area contributed by atoms with E-state index in [4.69, 9.17) is 18.9 Å². The minimum absolute atomic E-state index is 0.550. The van der Waals surface area contributed by atoms with Crippen LogP contribution < -0.4 is 25.4 Å². The molecule has 2 saturated heterocycles. The van der Waals surface area contributed by atoms with E-state index in [1.165, 1.54) is 108 Å². The first-order valence-electron chi connectivity index (χ1n) is 32.5. The molecule has 0 atom stereocenters. The quantitative estimate of drug-likeness (QED) is 0.0203. The van der Waals surface area contributed by atoms with E-state index in [0.29, 0.717) is 39.6 Å². The molecule has 0 bridgehead atoms. The molecule has 0 unspecified atom stereocenters. The fraction of sp³-hybridized carbons (Fsp3) is 0.277. The van der Waals surface area contributed by atoms with E-state index < -0.39 is 7.26 Å². The van der Waals surface area contributed by atoms with Gasteiger partial charge in [0, 0.05) is 16.2 Å². The fourth-order valence-corrected chi connectivity index (χ4v) is 18.2. The number of unbranched alkanes of at least 4 members (excludes halogenated alkanes) is 10. The Bertz CT molecular complexity index is 3860. The second-order valence-electron chi connectivity index (χ2n) is 23.3. The van der Waals surface area contributed by atoms with E-state index in [1.807, 2.05) is 17.9 Å². The Kier molecular flexibility index (Phi) is 26.9. The van der Waals surface area contributed by atoms with Crippen molar-refractivity contribution in [3.05, 3.63) is 267 Å². The maximum atomic E-state index is 6.89. The van der Waals surface area contributed by atoms with Gasteiger partial charge in [0.25, 0.3) is 0 Å². The molecule has 4 nitrogen and oxygen atoms in total. The number of rotatable bonds is 29. The molecule has 464 valence electrons. The van der Waals surface area contributed by atoms with Crippen molar-refractivity contribution in [3.8, 4) is 20.2 Å². The number of benzene rings is 7. The Morgan fingerprint density at radius 2 is 0.900 bits per heavy atom. The summed E-state index contributed by atoms with van der Waals surface area (Å²) >= 11 is 3.57. The van der Waals surface area contributed by atoms with E-state index >= 15 is 0 Å². The number of hydrogen-bond donors (Lipinski definition) is 0. The third-order valence-corrected chi connectivity index (χ3v) is 23.2. The molecule has 0 saturated carbocycles. The Hall–Kier alpha value is -6.76. The number of hydrogen-bond acceptors (Lipinski definition) is 4. The van der Waals surface area contributed by atoms with E-state index in [9.17, 15) is 0 Å². The summed E-state index contributed by atoms with van der Waals surface area (Å²) in [7, 11) is -2.46. The van der Waals surface area contributed by atoms with Crippen LogP contribution in [0.4, 0.5) is 0 Å². The molecule has 7 heteroatoms. The van der Waals surface area contributed by atoms with Crippen molar-refractivity contribution in [2.24, 2.45) is 0 Å². The summed E-state index contributed by atoms with van der Waals surface area (Å²) in [5.41, 5.74) is 12.6. The molecule has 0 radical (unpaired) electrons. The first-order chi connectivity index (χ1) is 44.3. The summed E-state index contributed by atoms with van der Waals surface area (Å²) in [4.78, 5) is 0. The molecular weight excluding hydrogens is 1470 g/mol. The Balaban J connectivity index is 0.989. The second kappa shape index (κ2) is 35.7. The van der Waals surface area contributed by atoms with Crippen LogP contribution in [0.2, 0.25) is 0 Å². The summed E-state index contributed by atoms with van der Waals surface area (Å²) in [6.07, 6.45) is 41.3. The average Bonchev–Trinajstić information content (AvgIpc) is 0.849. The molecule has 0 amide bonds. The molecule has 2 aliphatic rings. The molecular formula is C83H88O4Os2P+. The van der Waals surface area contributed by atoms with Gasteiger partial charge >= 0.3 is 378 Å². The van der Waals surface area contributed by atoms with Crippen molar-refractivity contribution >= 4 is 69.0 Å². The maximum absolute atomic E-state index is 6.89. The monoisotopic (exact) mass is 1560 g/mol. The van der Waals surface area contributed by atoms with Crippen molar-refractivity contribution in [2.75, 3.05) is 39.6 Å². The summed E-state index contributed by atoms with van der Waals surface area (Å²) < 4.78 is 33.3. The van der Waals surface area contributed by atoms with Crippen molar-refractivity contribution in [2.45, 2.75) is 112 Å².